The van der Waals surface area contributed by atoms with Crippen LogP contribution in [-0.2, 0) is 0 Å². The molecule has 20 heavy (non-hydrogen) atoms. The molecule has 112 valence electrons. The van der Waals surface area contributed by atoms with Crippen molar-refractivity contribution in [1.29, 1.82) is 0 Å². The summed E-state index contributed by atoms with van der Waals surface area (Å²) in [5, 5.41) is 3.66. The van der Waals surface area contributed by atoms with Gasteiger partial charge in [0.05, 0.1) is 5.69 Å². The first-order valence-corrected chi connectivity index (χ1v) is 8.55. The topological polar surface area (TPSA) is 15.3 Å². The predicted molar refractivity (Wildman–Crippen MR) is 91.8 cm³/mol. The molecule has 2 atom stereocenters. The zero-order valence-corrected chi connectivity index (χ0v) is 14.7. The number of rotatable bonds is 4. The molecule has 1 aliphatic rings. The maximum Gasteiger partial charge on any atom is 0.124 e. The van der Waals surface area contributed by atoms with Gasteiger partial charge in [0, 0.05) is 28.7 Å². The zero-order chi connectivity index (χ0) is 14.7. The summed E-state index contributed by atoms with van der Waals surface area (Å²) in [6.45, 7) is 8.77. The van der Waals surface area contributed by atoms with Gasteiger partial charge in [0.1, 0.15) is 5.82 Å². The number of anilines is 1. The molecule has 1 N–H and O–H groups in total. The van der Waals surface area contributed by atoms with E-state index in [4.69, 9.17) is 0 Å². The highest BCUT2D eigenvalue weighted by atomic mass is 127. The minimum absolute atomic E-state index is 0.153. The van der Waals surface area contributed by atoms with Crippen molar-refractivity contribution in [3.8, 4) is 0 Å². The van der Waals surface area contributed by atoms with Crippen LogP contribution in [0.1, 0.15) is 33.6 Å². The standard InChI is InChI=1S/C16H24FIN2/c1-4-5-13-10-20(16(9-19-13)11(2)3)15-7-6-12(17)8-14(15)18/h6-8,11,13,16,19H,4-5,9-10H2,1-3H3. The molecule has 2 rings (SSSR count). The molecular weight excluding hydrogens is 366 g/mol. The summed E-state index contributed by atoms with van der Waals surface area (Å²) in [5.74, 6) is 0.422. The van der Waals surface area contributed by atoms with Crippen molar-refractivity contribution in [3.63, 3.8) is 0 Å². The molecular formula is C16H24FIN2. The molecule has 0 amide bonds. The van der Waals surface area contributed by atoms with Crippen molar-refractivity contribution in [2.75, 3.05) is 18.0 Å². The molecule has 2 unspecified atom stereocenters. The average Bonchev–Trinajstić information content (AvgIpc) is 2.38. The Morgan fingerprint density at radius 2 is 2.20 bits per heavy atom. The van der Waals surface area contributed by atoms with Crippen LogP contribution in [0.15, 0.2) is 18.2 Å². The minimum Gasteiger partial charge on any atom is -0.365 e. The maximum absolute atomic E-state index is 13.3. The maximum atomic E-state index is 13.3. The lowest BCUT2D eigenvalue weighted by molar-refractivity contribution is 0.327. The van der Waals surface area contributed by atoms with E-state index in [2.05, 4.69) is 53.6 Å². The molecule has 2 nitrogen and oxygen atoms in total. The van der Waals surface area contributed by atoms with E-state index < -0.39 is 0 Å². The number of nitrogens with zero attached hydrogens (tertiary/aromatic N) is 1. The number of hydrogen-bond acceptors (Lipinski definition) is 2. The van der Waals surface area contributed by atoms with Crippen LogP contribution < -0.4 is 10.2 Å². The Kier molecular flexibility index (Phi) is 5.66. The van der Waals surface area contributed by atoms with E-state index in [1.807, 2.05) is 6.07 Å². The monoisotopic (exact) mass is 390 g/mol. The first-order valence-electron chi connectivity index (χ1n) is 7.48. The van der Waals surface area contributed by atoms with Gasteiger partial charge in [0.15, 0.2) is 0 Å². The van der Waals surface area contributed by atoms with Crippen LogP contribution in [0.4, 0.5) is 10.1 Å². The Morgan fingerprint density at radius 3 is 2.80 bits per heavy atom. The lowest BCUT2D eigenvalue weighted by atomic mass is 9.96. The Balaban J connectivity index is 2.26. The largest absolute Gasteiger partial charge is 0.365 e. The minimum atomic E-state index is -0.153. The van der Waals surface area contributed by atoms with Crippen LogP contribution in [0.3, 0.4) is 0 Å². The Morgan fingerprint density at radius 1 is 1.45 bits per heavy atom. The van der Waals surface area contributed by atoms with Gasteiger partial charge in [-0.3, -0.25) is 0 Å². The van der Waals surface area contributed by atoms with Gasteiger partial charge >= 0.3 is 0 Å². The van der Waals surface area contributed by atoms with Crippen molar-refractivity contribution in [2.24, 2.45) is 5.92 Å². The van der Waals surface area contributed by atoms with Crippen LogP contribution in [0.5, 0.6) is 0 Å². The van der Waals surface area contributed by atoms with Crippen LogP contribution in [-0.4, -0.2) is 25.2 Å². The third-order valence-electron chi connectivity index (χ3n) is 4.06. The third-order valence-corrected chi connectivity index (χ3v) is 4.92. The fourth-order valence-corrected chi connectivity index (χ4v) is 3.75. The second-order valence-corrected chi connectivity index (χ2v) is 7.12. The SMILES string of the molecule is CCCC1CN(c2ccc(F)cc2I)C(C(C)C)CN1. The molecule has 0 aliphatic carbocycles. The van der Waals surface area contributed by atoms with E-state index in [-0.39, 0.29) is 5.82 Å². The molecule has 1 aromatic rings. The molecule has 1 fully saturated rings. The fourth-order valence-electron chi connectivity index (χ4n) is 2.96. The smallest absolute Gasteiger partial charge is 0.124 e. The van der Waals surface area contributed by atoms with Gasteiger partial charge in [0.25, 0.3) is 0 Å². The molecule has 0 aromatic heterocycles. The number of hydrogen-bond donors (Lipinski definition) is 1. The second-order valence-electron chi connectivity index (χ2n) is 5.95. The van der Waals surface area contributed by atoms with Gasteiger partial charge in [0.2, 0.25) is 0 Å². The van der Waals surface area contributed by atoms with E-state index in [9.17, 15) is 4.39 Å². The van der Waals surface area contributed by atoms with E-state index in [0.717, 1.165) is 16.7 Å². The van der Waals surface area contributed by atoms with Crippen molar-refractivity contribution in [3.05, 3.63) is 27.6 Å². The van der Waals surface area contributed by atoms with Gasteiger partial charge in [-0.2, -0.15) is 0 Å². The molecule has 0 spiro atoms. The quantitative estimate of drug-likeness (QED) is 0.781. The lowest BCUT2D eigenvalue weighted by Crippen LogP contribution is -2.58. The first kappa shape index (κ1) is 16.0. The number of nitrogens with one attached hydrogen (secondary N) is 1. The molecule has 0 radical (unpaired) electrons. The van der Waals surface area contributed by atoms with Gasteiger partial charge in [-0.05, 0) is 53.1 Å². The summed E-state index contributed by atoms with van der Waals surface area (Å²) in [7, 11) is 0. The van der Waals surface area contributed by atoms with Crippen LogP contribution >= 0.6 is 22.6 Å². The molecule has 0 saturated carbocycles. The van der Waals surface area contributed by atoms with Crippen molar-refractivity contribution < 1.29 is 4.39 Å². The third kappa shape index (κ3) is 3.64. The molecule has 1 aliphatic heterocycles. The normalized spacial score (nSPS) is 23.4. The van der Waals surface area contributed by atoms with E-state index in [1.165, 1.54) is 18.5 Å². The van der Waals surface area contributed by atoms with Gasteiger partial charge in [-0.1, -0.05) is 27.2 Å². The van der Waals surface area contributed by atoms with E-state index in [0.29, 0.717) is 18.0 Å². The van der Waals surface area contributed by atoms with Gasteiger partial charge < -0.3 is 10.2 Å². The van der Waals surface area contributed by atoms with Crippen LogP contribution in [0, 0.1) is 15.3 Å². The van der Waals surface area contributed by atoms with E-state index in [1.54, 1.807) is 12.1 Å². The summed E-state index contributed by atoms with van der Waals surface area (Å²) in [5.41, 5.74) is 1.17. The van der Waals surface area contributed by atoms with Crippen molar-refractivity contribution in [2.45, 2.75) is 45.7 Å². The highest BCUT2D eigenvalue weighted by Crippen LogP contribution is 2.29. The summed E-state index contributed by atoms with van der Waals surface area (Å²) >= 11 is 2.25. The molecule has 1 saturated heterocycles. The van der Waals surface area contributed by atoms with Gasteiger partial charge in [-0.25, -0.2) is 4.39 Å². The number of benzene rings is 1. The zero-order valence-electron chi connectivity index (χ0n) is 12.5. The van der Waals surface area contributed by atoms with Crippen molar-refractivity contribution in [1.82, 2.24) is 5.32 Å². The highest BCUT2D eigenvalue weighted by Gasteiger charge is 2.30. The molecule has 0 bridgehead atoms. The Hall–Kier alpha value is -0.360. The summed E-state index contributed by atoms with van der Waals surface area (Å²) in [6, 6.07) is 6.15. The lowest BCUT2D eigenvalue weighted by Gasteiger charge is -2.44. The Labute approximate surface area is 135 Å². The molecule has 4 heteroatoms. The molecule has 1 aromatic carbocycles. The van der Waals surface area contributed by atoms with Crippen LogP contribution in [0.2, 0.25) is 0 Å². The predicted octanol–water partition coefficient (Wildman–Crippen LogP) is 4.03. The average molecular weight is 390 g/mol. The van der Waals surface area contributed by atoms with Crippen molar-refractivity contribution >= 4 is 28.3 Å². The van der Waals surface area contributed by atoms with Crippen LogP contribution in [0.25, 0.3) is 0 Å². The Bertz CT molecular complexity index is 450. The van der Waals surface area contributed by atoms with E-state index >= 15 is 0 Å². The number of piperazine rings is 1. The summed E-state index contributed by atoms with van der Waals surface area (Å²) < 4.78 is 14.3. The summed E-state index contributed by atoms with van der Waals surface area (Å²) in [6.07, 6.45) is 2.39. The first-order chi connectivity index (χ1) is 9.52. The highest BCUT2D eigenvalue weighted by molar-refractivity contribution is 14.1. The number of halogens is 2. The fraction of sp³-hybridized carbons (Fsp3) is 0.625. The summed E-state index contributed by atoms with van der Waals surface area (Å²) in [4.78, 5) is 2.47. The van der Waals surface area contributed by atoms with Gasteiger partial charge in [-0.15, -0.1) is 0 Å². The molecule has 1 heterocycles. The second kappa shape index (κ2) is 7.07.